The minimum absolute atomic E-state index is 0.248. The molecule has 0 aromatic heterocycles. The van der Waals surface area contributed by atoms with Crippen LogP contribution in [0.25, 0.3) is 0 Å². The summed E-state index contributed by atoms with van der Waals surface area (Å²) in [6.07, 6.45) is 4.51. The van der Waals surface area contributed by atoms with E-state index in [2.05, 4.69) is 12.6 Å². The quantitative estimate of drug-likeness (QED) is 0.553. The molecule has 15 heavy (non-hydrogen) atoms. The molecular formula is C12H17FOS. The van der Waals surface area contributed by atoms with Crippen molar-refractivity contribution in [3.8, 4) is 5.75 Å². The SMILES string of the molecule is Fc1cccc(OCCCCCCS)c1. The maximum absolute atomic E-state index is 12.8. The van der Waals surface area contributed by atoms with Crippen LogP contribution in [0.15, 0.2) is 24.3 Å². The van der Waals surface area contributed by atoms with Gasteiger partial charge in [-0.1, -0.05) is 18.9 Å². The molecule has 0 saturated carbocycles. The molecule has 1 nitrogen and oxygen atoms in total. The number of hydrogen-bond donors (Lipinski definition) is 1. The van der Waals surface area contributed by atoms with Crippen LogP contribution in [0, 0.1) is 5.82 Å². The third kappa shape index (κ3) is 5.67. The molecule has 1 rings (SSSR count). The van der Waals surface area contributed by atoms with Gasteiger partial charge in [-0.2, -0.15) is 12.6 Å². The van der Waals surface area contributed by atoms with Gasteiger partial charge in [-0.3, -0.25) is 0 Å². The predicted molar refractivity (Wildman–Crippen MR) is 64.2 cm³/mol. The van der Waals surface area contributed by atoms with Gasteiger partial charge in [-0.15, -0.1) is 0 Å². The molecule has 0 bridgehead atoms. The molecule has 1 aromatic carbocycles. The molecule has 3 heteroatoms. The second kappa shape index (κ2) is 7.57. The van der Waals surface area contributed by atoms with E-state index < -0.39 is 0 Å². The number of ether oxygens (including phenoxy) is 1. The first-order chi connectivity index (χ1) is 7.33. The molecule has 0 spiro atoms. The van der Waals surface area contributed by atoms with E-state index in [4.69, 9.17) is 4.74 Å². The summed E-state index contributed by atoms with van der Waals surface area (Å²) in [7, 11) is 0. The van der Waals surface area contributed by atoms with E-state index in [1.165, 1.54) is 18.6 Å². The molecule has 0 aliphatic rings. The van der Waals surface area contributed by atoms with Crippen molar-refractivity contribution >= 4 is 12.6 Å². The minimum Gasteiger partial charge on any atom is -0.493 e. The first kappa shape index (κ1) is 12.4. The van der Waals surface area contributed by atoms with Gasteiger partial charge in [0.1, 0.15) is 11.6 Å². The van der Waals surface area contributed by atoms with Crippen molar-refractivity contribution in [2.45, 2.75) is 25.7 Å². The number of halogens is 1. The van der Waals surface area contributed by atoms with Gasteiger partial charge in [-0.05, 0) is 30.7 Å². The van der Waals surface area contributed by atoms with Crippen LogP contribution in [0.4, 0.5) is 4.39 Å². The zero-order valence-corrected chi connectivity index (χ0v) is 9.68. The smallest absolute Gasteiger partial charge is 0.126 e. The number of unbranched alkanes of at least 4 members (excludes halogenated alkanes) is 3. The van der Waals surface area contributed by atoms with Crippen molar-refractivity contribution in [1.29, 1.82) is 0 Å². The van der Waals surface area contributed by atoms with Crippen LogP contribution in [0.2, 0.25) is 0 Å². The molecule has 0 atom stereocenters. The highest BCUT2D eigenvalue weighted by Gasteiger charge is 1.95. The standard InChI is InChI=1S/C12H17FOS/c13-11-6-5-7-12(10-11)14-8-3-1-2-4-9-15/h5-7,10,15H,1-4,8-9H2. The van der Waals surface area contributed by atoms with Crippen LogP contribution in [-0.4, -0.2) is 12.4 Å². The Kier molecular flexibility index (Phi) is 6.25. The van der Waals surface area contributed by atoms with E-state index >= 15 is 0 Å². The molecule has 0 N–H and O–H groups in total. The molecule has 0 saturated heterocycles. The van der Waals surface area contributed by atoms with E-state index in [9.17, 15) is 4.39 Å². The average molecular weight is 228 g/mol. The third-order valence-electron chi connectivity index (χ3n) is 2.12. The van der Waals surface area contributed by atoms with Gasteiger partial charge in [0.15, 0.2) is 0 Å². The Labute approximate surface area is 96.1 Å². The molecule has 0 radical (unpaired) electrons. The fourth-order valence-corrected chi connectivity index (χ4v) is 1.54. The third-order valence-corrected chi connectivity index (χ3v) is 2.43. The maximum atomic E-state index is 12.8. The molecule has 0 fully saturated rings. The van der Waals surface area contributed by atoms with Gasteiger partial charge >= 0.3 is 0 Å². The molecule has 0 aliphatic carbocycles. The second-order valence-electron chi connectivity index (χ2n) is 3.44. The number of hydrogen-bond acceptors (Lipinski definition) is 2. The van der Waals surface area contributed by atoms with Crippen LogP contribution < -0.4 is 4.74 Å². The lowest BCUT2D eigenvalue weighted by Crippen LogP contribution is -1.97. The monoisotopic (exact) mass is 228 g/mol. The summed E-state index contributed by atoms with van der Waals surface area (Å²) in [4.78, 5) is 0. The maximum Gasteiger partial charge on any atom is 0.126 e. The molecule has 1 aromatic rings. The summed E-state index contributed by atoms with van der Waals surface area (Å²) in [6.45, 7) is 0.663. The van der Waals surface area contributed by atoms with Gasteiger partial charge in [0, 0.05) is 6.07 Å². The van der Waals surface area contributed by atoms with E-state index in [0.717, 1.165) is 25.0 Å². The number of benzene rings is 1. The zero-order chi connectivity index (χ0) is 10.9. The average Bonchev–Trinajstić information content (AvgIpc) is 2.23. The highest BCUT2D eigenvalue weighted by molar-refractivity contribution is 7.80. The Balaban J connectivity index is 2.10. The summed E-state index contributed by atoms with van der Waals surface area (Å²) in [5.74, 6) is 1.32. The van der Waals surface area contributed by atoms with Crippen LogP contribution in [0.3, 0.4) is 0 Å². The molecule has 0 heterocycles. The largest absolute Gasteiger partial charge is 0.493 e. The van der Waals surface area contributed by atoms with Crippen LogP contribution >= 0.6 is 12.6 Å². The van der Waals surface area contributed by atoms with Gasteiger partial charge in [0.05, 0.1) is 6.61 Å². The highest BCUT2D eigenvalue weighted by atomic mass is 32.1. The molecule has 0 aliphatic heterocycles. The summed E-state index contributed by atoms with van der Waals surface area (Å²) in [5.41, 5.74) is 0. The Bertz CT molecular complexity index is 278. The van der Waals surface area contributed by atoms with Gasteiger partial charge in [-0.25, -0.2) is 4.39 Å². The van der Waals surface area contributed by atoms with E-state index in [1.807, 2.05) is 0 Å². The lowest BCUT2D eigenvalue weighted by molar-refractivity contribution is 0.303. The van der Waals surface area contributed by atoms with Crippen LogP contribution in [0.1, 0.15) is 25.7 Å². The van der Waals surface area contributed by atoms with E-state index in [0.29, 0.717) is 12.4 Å². The first-order valence-corrected chi connectivity index (χ1v) is 5.95. The first-order valence-electron chi connectivity index (χ1n) is 5.32. The second-order valence-corrected chi connectivity index (χ2v) is 3.89. The van der Waals surface area contributed by atoms with Crippen molar-refractivity contribution in [2.24, 2.45) is 0 Å². The Hall–Kier alpha value is -0.700. The minimum atomic E-state index is -0.248. The number of thiol groups is 1. The topological polar surface area (TPSA) is 9.23 Å². The van der Waals surface area contributed by atoms with Crippen LogP contribution in [-0.2, 0) is 0 Å². The summed E-state index contributed by atoms with van der Waals surface area (Å²) in [5, 5.41) is 0. The highest BCUT2D eigenvalue weighted by Crippen LogP contribution is 2.12. The summed E-state index contributed by atoms with van der Waals surface area (Å²) in [6, 6.07) is 6.26. The zero-order valence-electron chi connectivity index (χ0n) is 8.79. The van der Waals surface area contributed by atoms with E-state index in [-0.39, 0.29) is 5.82 Å². The summed E-state index contributed by atoms with van der Waals surface area (Å²) >= 11 is 4.14. The molecule has 0 amide bonds. The van der Waals surface area contributed by atoms with Gasteiger partial charge < -0.3 is 4.74 Å². The fourth-order valence-electron chi connectivity index (χ4n) is 1.31. The fraction of sp³-hybridized carbons (Fsp3) is 0.500. The van der Waals surface area contributed by atoms with Gasteiger partial charge in [0.2, 0.25) is 0 Å². The van der Waals surface area contributed by atoms with Crippen LogP contribution in [0.5, 0.6) is 5.75 Å². The molecule has 0 unspecified atom stereocenters. The summed E-state index contributed by atoms with van der Waals surface area (Å²) < 4.78 is 18.2. The lowest BCUT2D eigenvalue weighted by atomic mass is 10.2. The van der Waals surface area contributed by atoms with Crippen molar-refractivity contribution in [1.82, 2.24) is 0 Å². The van der Waals surface area contributed by atoms with Crippen molar-refractivity contribution in [3.63, 3.8) is 0 Å². The van der Waals surface area contributed by atoms with Crippen molar-refractivity contribution < 1.29 is 9.13 Å². The lowest BCUT2D eigenvalue weighted by Gasteiger charge is -2.05. The van der Waals surface area contributed by atoms with Gasteiger partial charge in [0.25, 0.3) is 0 Å². The Morgan fingerprint density at radius 3 is 2.67 bits per heavy atom. The van der Waals surface area contributed by atoms with Crippen molar-refractivity contribution in [3.05, 3.63) is 30.1 Å². The molecular weight excluding hydrogens is 211 g/mol. The molecule has 84 valence electrons. The predicted octanol–water partition coefficient (Wildman–Crippen LogP) is 3.69. The normalized spacial score (nSPS) is 10.3. The number of rotatable bonds is 7. The Morgan fingerprint density at radius 1 is 1.13 bits per heavy atom. The Morgan fingerprint density at radius 2 is 1.93 bits per heavy atom. The van der Waals surface area contributed by atoms with Crippen molar-refractivity contribution in [2.75, 3.05) is 12.4 Å². The van der Waals surface area contributed by atoms with E-state index in [1.54, 1.807) is 12.1 Å².